The van der Waals surface area contributed by atoms with Crippen LogP contribution in [0.25, 0.3) is 0 Å². The zero-order chi connectivity index (χ0) is 14.9. The van der Waals surface area contributed by atoms with E-state index in [1.165, 1.54) is 44.1 Å². The number of nitrogens with one attached hydrogen (secondary N) is 1. The van der Waals surface area contributed by atoms with Crippen LogP contribution in [0.2, 0.25) is 0 Å². The maximum absolute atomic E-state index is 5.75. The van der Waals surface area contributed by atoms with Crippen LogP contribution in [0.1, 0.15) is 64.4 Å². The molecule has 0 bridgehead atoms. The number of benzene rings is 1. The molecule has 0 aliphatic heterocycles. The fraction of sp³-hybridized carbons (Fsp3) is 0.684. The van der Waals surface area contributed by atoms with Gasteiger partial charge in [-0.1, -0.05) is 44.7 Å². The summed E-state index contributed by atoms with van der Waals surface area (Å²) in [4.78, 5) is 0. The normalized spacial score (nSPS) is 17.0. The summed E-state index contributed by atoms with van der Waals surface area (Å²) >= 11 is 0. The minimum Gasteiger partial charge on any atom is -0.494 e. The quantitative estimate of drug-likeness (QED) is 0.651. The van der Waals surface area contributed by atoms with Crippen molar-refractivity contribution in [3.8, 4) is 5.75 Å². The van der Waals surface area contributed by atoms with E-state index in [0.29, 0.717) is 6.04 Å². The van der Waals surface area contributed by atoms with Gasteiger partial charge in [0.2, 0.25) is 0 Å². The lowest BCUT2D eigenvalue weighted by Crippen LogP contribution is -2.31. The highest BCUT2D eigenvalue weighted by Gasteiger charge is 2.20. The van der Waals surface area contributed by atoms with Crippen molar-refractivity contribution in [1.29, 1.82) is 0 Å². The summed E-state index contributed by atoms with van der Waals surface area (Å²) in [5, 5.41) is 3.68. The van der Waals surface area contributed by atoms with E-state index in [-0.39, 0.29) is 0 Å². The molecule has 21 heavy (non-hydrogen) atoms. The van der Waals surface area contributed by atoms with Gasteiger partial charge in [-0.3, -0.25) is 0 Å². The Balaban J connectivity index is 1.69. The Bertz CT molecular complexity index is 381. The summed E-state index contributed by atoms with van der Waals surface area (Å²) in [6.07, 6.45) is 9.28. The zero-order valence-electron chi connectivity index (χ0n) is 13.7. The van der Waals surface area contributed by atoms with Crippen molar-refractivity contribution in [2.45, 2.75) is 71.4 Å². The first-order valence-corrected chi connectivity index (χ1v) is 8.74. The molecule has 1 saturated carbocycles. The lowest BCUT2D eigenvalue weighted by molar-refractivity contribution is 0.306. The average molecular weight is 289 g/mol. The van der Waals surface area contributed by atoms with Gasteiger partial charge < -0.3 is 10.1 Å². The van der Waals surface area contributed by atoms with Crippen LogP contribution < -0.4 is 10.1 Å². The van der Waals surface area contributed by atoms with Gasteiger partial charge in [-0.2, -0.15) is 0 Å². The van der Waals surface area contributed by atoms with Crippen LogP contribution in [0.15, 0.2) is 24.3 Å². The predicted molar refractivity (Wildman–Crippen MR) is 89.7 cm³/mol. The highest BCUT2D eigenvalue weighted by Crippen LogP contribution is 2.27. The lowest BCUT2D eigenvalue weighted by Gasteiger charge is -2.20. The topological polar surface area (TPSA) is 21.3 Å². The molecule has 1 aromatic rings. The standard InChI is InChI=1S/C19H31NO/c1-3-4-7-14-21-19-12-10-17(11-13-19)15-20-16(2)18-8-5-6-9-18/h10-13,16,18,20H,3-9,14-15H2,1-2H3/t16-/m1/s1. The summed E-state index contributed by atoms with van der Waals surface area (Å²) in [5.41, 5.74) is 1.35. The van der Waals surface area contributed by atoms with Crippen LogP contribution in [0.5, 0.6) is 5.75 Å². The van der Waals surface area contributed by atoms with Gasteiger partial charge in [-0.15, -0.1) is 0 Å². The Hall–Kier alpha value is -1.02. The minimum atomic E-state index is 0.637. The molecular weight excluding hydrogens is 258 g/mol. The molecule has 1 aliphatic carbocycles. The number of hydrogen-bond donors (Lipinski definition) is 1. The second-order valence-corrected chi connectivity index (χ2v) is 6.41. The number of ether oxygens (including phenoxy) is 1. The molecule has 118 valence electrons. The highest BCUT2D eigenvalue weighted by atomic mass is 16.5. The molecule has 0 saturated heterocycles. The number of unbranched alkanes of at least 4 members (excludes halogenated alkanes) is 2. The van der Waals surface area contributed by atoms with E-state index >= 15 is 0 Å². The molecular formula is C19H31NO. The molecule has 0 heterocycles. The first-order valence-electron chi connectivity index (χ1n) is 8.74. The molecule has 2 heteroatoms. The molecule has 1 N–H and O–H groups in total. The third-order valence-electron chi connectivity index (χ3n) is 4.68. The monoisotopic (exact) mass is 289 g/mol. The van der Waals surface area contributed by atoms with E-state index in [1.54, 1.807) is 0 Å². The highest BCUT2D eigenvalue weighted by molar-refractivity contribution is 5.27. The van der Waals surface area contributed by atoms with E-state index in [9.17, 15) is 0 Å². The van der Waals surface area contributed by atoms with Gasteiger partial charge in [0.15, 0.2) is 0 Å². The van der Waals surface area contributed by atoms with Gasteiger partial charge in [0.25, 0.3) is 0 Å². The van der Waals surface area contributed by atoms with E-state index in [0.717, 1.165) is 31.2 Å². The van der Waals surface area contributed by atoms with Crippen LogP contribution in [0.3, 0.4) is 0 Å². The maximum atomic E-state index is 5.75. The van der Waals surface area contributed by atoms with Gasteiger partial charge in [-0.25, -0.2) is 0 Å². The lowest BCUT2D eigenvalue weighted by atomic mass is 9.99. The van der Waals surface area contributed by atoms with Crippen LogP contribution in [0.4, 0.5) is 0 Å². The van der Waals surface area contributed by atoms with Crippen LogP contribution in [0, 0.1) is 5.92 Å². The zero-order valence-corrected chi connectivity index (χ0v) is 13.7. The van der Waals surface area contributed by atoms with Crippen molar-refractivity contribution in [2.24, 2.45) is 5.92 Å². The Morgan fingerprint density at radius 2 is 1.86 bits per heavy atom. The van der Waals surface area contributed by atoms with Crippen molar-refractivity contribution in [3.63, 3.8) is 0 Å². The smallest absolute Gasteiger partial charge is 0.119 e. The predicted octanol–water partition coefficient (Wildman–Crippen LogP) is 4.92. The summed E-state index contributed by atoms with van der Waals surface area (Å²) in [6, 6.07) is 9.21. The molecule has 2 nitrogen and oxygen atoms in total. The summed E-state index contributed by atoms with van der Waals surface area (Å²) < 4.78 is 5.75. The van der Waals surface area contributed by atoms with E-state index < -0.39 is 0 Å². The van der Waals surface area contributed by atoms with Gasteiger partial charge in [0.05, 0.1) is 6.61 Å². The van der Waals surface area contributed by atoms with Crippen molar-refractivity contribution in [1.82, 2.24) is 5.32 Å². The van der Waals surface area contributed by atoms with Crippen molar-refractivity contribution in [2.75, 3.05) is 6.61 Å². The Kier molecular flexibility index (Phi) is 7.08. The summed E-state index contributed by atoms with van der Waals surface area (Å²) in [6.45, 7) is 6.35. The second-order valence-electron chi connectivity index (χ2n) is 6.41. The molecule has 1 aliphatic rings. The van der Waals surface area contributed by atoms with E-state index in [2.05, 4.69) is 43.4 Å². The SMILES string of the molecule is CCCCCOc1ccc(CN[C@H](C)C2CCCC2)cc1. The van der Waals surface area contributed by atoms with Crippen molar-refractivity contribution in [3.05, 3.63) is 29.8 Å². The number of rotatable bonds is 9. The van der Waals surface area contributed by atoms with Gasteiger partial charge in [0.1, 0.15) is 5.75 Å². The Morgan fingerprint density at radius 1 is 1.14 bits per heavy atom. The fourth-order valence-corrected chi connectivity index (χ4v) is 3.15. The Labute approximate surface area is 130 Å². The first-order chi connectivity index (χ1) is 10.3. The van der Waals surface area contributed by atoms with E-state index in [1.807, 2.05) is 0 Å². The third-order valence-corrected chi connectivity index (χ3v) is 4.68. The van der Waals surface area contributed by atoms with E-state index in [4.69, 9.17) is 4.74 Å². The van der Waals surface area contributed by atoms with Crippen molar-refractivity contribution < 1.29 is 4.74 Å². The van der Waals surface area contributed by atoms with Gasteiger partial charge in [-0.05, 0) is 49.8 Å². The molecule has 0 amide bonds. The average Bonchev–Trinajstić information content (AvgIpc) is 3.05. The minimum absolute atomic E-state index is 0.637. The van der Waals surface area contributed by atoms with Crippen molar-refractivity contribution >= 4 is 0 Å². The molecule has 0 radical (unpaired) electrons. The van der Waals surface area contributed by atoms with Crippen LogP contribution in [-0.2, 0) is 6.54 Å². The van der Waals surface area contributed by atoms with Gasteiger partial charge in [0, 0.05) is 12.6 Å². The maximum Gasteiger partial charge on any atom is 0.119 e. The van der Waals surface area contributed by atoms with Gasteiger partial charge >= 0.3 is 0 Å². The largest absolute Gasteiger partial charge is 0.494 e. The molecule has 1 atom stereocenters. The molecule has 0 aromatic heterocycles. The molecule has 2 rings (SSSR count). The molecule has 1 fully saturated rings. The Morgan fingerprint density at radius 3 is 2.52 bits per heavy atom. The first kappa shape index (κ1) is 16.4. The molecule has 1 aromatic carbocycles. The van der Waals surface area contributed by atoms with Crippen LogP contribution >= 0.6 is 0 Å². The third kappa shape index (κ3) is 5.70. The number of hydrogen-bond acceptors (Lipinski definition) is 2. The second kappa shape index (κ2) is 9.09. The summed E-state index contributed by atoms with van der Waals surface area (Å²) in [7, 11) is 0. The van der Waals surface area contributed by atoms with Crippen LogP contribution in [-0.4, -0.2) is 12.6 Å². The molecule has 0 spiro atoms. The summed E-state index contributed by atoms with van der Waals surface area (Å²) in [5.74, 6) is 1.88. The fourth-order valence-electron chi connectivity index (χ4n) is 3.15. The molecule has 0 unspecified atom stereocenters.